The summed E-state index contributed by atoms with van der Waals surface area (Å²) in [5.41, 5.74) is 0.897. The summed E-state index contributed by atoms with van der Waals surface area (Å²) in [6.45, 7) is 2.03. The van der Waals surface area contributed by atoms with E-state index in [2.05, 4.69) is 0 Å². The summed E-state index contributed by atoms with van der Waals surface area (Å²) in [4.78, 5) is 39.4. The van der Waals surface area contributed by atoms with Gasteiger partial charge in [0.15, 0.2) is 0 Å². The number of unbranched alkanes of at least 4 members (excludes halogenated alkanes) is 1. The van der Waals surface area contributed by atoms with Crippen LogP contribution >= 0.6 is 0 Å². The molecule has 0 atom stereocenters. The van der Waals surface area contributed by atoms with Gasteiger partial charge in [-0.3, -0.25) is 9.59 Å². The Hall–Kier alpha value is -3.93. The molecule has 3 aromatic carbocycles. The van der Waals surface area contributed by atoms with Gasteiger partial charge in [-0.2, -0.15) is 0 Å². The van der Waals surface area contributed by atoms with Crippen LogP contribution in [0.1, 0.15) is 42.1 Å². The normalized spacial score (nSPS) is 15.2. The first-order valence-electron chi connectivity index (χ1n) is 11.1. The van der Waals surface area contributed by atoms with Gasteiger partial charge in [-0.25, -0.2) is 14.8 Å². The third-order valence-corrected chi connectivity index (χ3v) is 6.07. The number of hydrazine groups is 1. The second-order valence-corrected chi connectivity index (χ2v) is 8.27. The lowest BCUT2D eigenvalue weighted by Gasteiger charge is -2.27. The zero-order valence-electron chi connectivity index (χ0n) is 18.5. The number of amides is 2. The summed E-state index contributed by atoms with van der Waals surface area (Å²) in [7, 11) is 0. The number of nitrogens with zero attached hydrogens (tertiary/aromatic N) is 2. The average Bonchev–Trinajstić information content (AvgIpc) is 3.06. The van der Waals surface area contributed by atoms with Crippen LogP contribution in [0, 0.1) is 5.41 Å². The van der Waals surface area contributed by atoms with Crippen molar-refractivity contribution >= 4 is 29.2 Å². The molecule has 6 heteroatoms. The fourth-order valence-corrected chi connectivity index (χ4v) is 4.33. The Bertz CT molecular complexity index is 1090. The van der Waals surface area contributed by atoms with Gasteiger partial charge >= 0.3 is 5.97 Å². The van der Waals surface area contributed by atoms with Gasteiger partial charge in [0.05, 0.1) is 16.9 Å². The third kappa shape index (κ3) is 4.12. The maximum absolute atomic E-state index is 14.1. The van der Waals surface area contributed by atoms with Crippen LogP contribution in [0.25, 0.3) is 0 Å². The molecule has 0 saturated carbocycles. The number of carboxylic acid groups (broad SMARTS) is 1. The Labute approximate surface area is 193 Å². The number of aromatic carboxylic acids is 1. The largest absolute Gasteiger partial charge is 0.478 e. The molecule has 1 aliphatic heterocycles. The molecule has 0 aromatic heterocycles. The summed E-state index contributed by atoms with van der Waals surface area (Å²) in [6.07, 6.45) is 2.18. The molecule has 1 heterocycles. The van der Waals surface area contributed by atoms with Gasteiger partial charge in [-0.05, 0) is 54.8 Å². The van der Waals surface area contributed by atoms with Crippen LogP contribution in [0.15, 0.2) is 84.9 Å². The van der Waals surface area contributed by atoms with Crippen LogP contribution in [0.4, 0.5) is 11.4 Å². The van der Waals surface area contributed by atoms with Crippen LogP contribution in [0.3, 0.4) is 0 Å². The topological polar surface area (TPSA) is 77.9 Å². The van der Waals surface area contributed by atoms with Crippen molar-refractivity contribution in [3.05, 3.63) is 96.1 Å². The lowest BCUT2D eigenvalue weighted by Crippen LogP contribution is -2.41. The van der Waals surface area contributed by atoms with Crippen LogP contribution < -0.4 is 10.0 Å². The Morgan fingerprint density at radius 1 is 0.788 bits per heavy atom. The third-order valence-electron chi connectivity index (χ3n) is 6.07. The predicted molar refractivity (Wildman–Crippen MR) is 127 cm³/mol. The molecule has 0 bridgehead atoms. The van der Waals surface area contributed by atoms with E-state index in [1.54, 1.807) is 12.1 Å². The fraction of sp³-hybridized carbons (Fsp3) is 0.222. The zero-order valence-corrected chi connectivity index (χ0v) is 18.5. The molecule has 1 aliphatic rings. The molecule has 4 rings (SSSR count). The van der Waals surface area contributed by atoms with Crippen molar-refractivity contribution in [2.24, 2.45) is 5.41 Å². The smallest absolute Gasteiger partial charge is 0.335 e. The molecule has 1 N–H and O–H groups in total. The molecule has 33 heavy (non-hydrogen) atoms. The molecule has 6 nitrogen and oxygen atoms in total. The summed E-state index contributed by atoms with van der Waals surface area (Å²) >= 11 is 0. The van der Waals surface area contributed by atoms with Crippen molar-refractivity contribution in [1.82, 2.24) is 0 Å². The van der Waals surface area contributed by atoms with Crippen molar-refractivity contribution in [2.45, 2.75) is 32.6 Å². The van der Waals surface area contributed by atoms with E-state index in [-0.39, 0.29) is 23.8 Å². The maximum Gasteiger partial charge on any atom is 0.335 e. The lowest BCUT2D eigenvalue weighted by molar-refractivity contribution is -0.135. The highest BCUT2D eigenvalue weighted by atomic mass is 16.4. The van der Waals surface area contributed by atoms with Gasteiger partial charge in [0.1, 0.15) is 5.41 Å². The van der Waals surface area contributed by atoms with Crippen LogP contribution in [0.5, 0.6) is 0 Å². The second-order valence-electron chi connectivity index (χ2n) is 8.27. The Kier molecular flexibility index (Phi) is 6.27. The molecular formula is C27H26N2O4. The molecule has 168 valence electrons. The first kappa shape index (κ1) is 22.3. The van der Waals surface area contributed by atoms with E-state index >= 15 is 0 Å². The highest BCUT2D eigenvalue weighted by Crippen LogP contribution is 2.43. The maximum atomic E-state index is 14.1. The standard InChI is InChI=1S/C27H26N2O4/c1-2-3-18-27(19-20-14-16-21(17-15-20)24(30)31)25(32)28(22-10-6-4-7-11-22)29(26(27)33)23-12-8-5-9-13-23/h4-17H,2-3,18-19H2,1H3,(H,30,31). The van der Waals surface area contributed by atoms with Crippen molar-refractivity contribution in [3.8, 4) is 0 Å². The number of hydrogen-bond donors (Lipinski definition) is 1. The van der Waals surface area contributed by atoms with Crippen molar-refractivity contribution in [3.63, 3.8) is 0 Å². The Morgan fingerprint density at radius 3 is 1.70 bits per heavy atom. The Balaban J connectivity index is 1.82. The highest BCUT2D eigenvalue weighted by molar-refractivity contribution is 6.26. The number of rotatable bonds is 8. The van der Waals surface area contributed by atoms with E-state index < -0.39 is 11.4 Å². The van der Waals surface area contributed by atoms with Gasteiger partial charge in [0.25, 0.3) is 11.8 Å². The number of carbonyl (C=O) groups excluding carboxylic acids is 2. The van der Waals surface area contributed by atoms with Crippen LogP contribution in [-0.4, -0.2) is 22.9 Å². The van der Waals surface area contributed by atoms with Gasteiger partial charge < -0.3 is 5.11 Å². The quantitative estimate of drug-likeness (QED) is 0.493. The molecule has 1 saturated heterocycles. The summed E-state index contributed by atoms with van der Waals surface area (Å²) in [5, 5.41) is 12.2. The van der Waals surface area contributed by atoms with E-state index in [0.717, 1.165) is 18.4 Å². The van der Waals surface area contributed by atoms with Gasteiger partial charge in [-0.1, -0.05) is 68.3 Å². The minimum atomic E-state index is -1.27. The molecule has 0 spiro atoms. The summed E-state index contributed by atoms with van der Waals surface area (Å²) < 4.78 is 0. The monoisotopic (exact) mass is 442 g/mol. The number of para-hydroxylation sites is 2. The fourth-order valence-electron chi connectivity index (χ4n) is 4.33. The molecule has 0 unspecified atom stereocenters. The molecule has 0 radical (unpaired) electrons. The number of hydrogen-bond acceptors (Lipinski definition) is 3. The molecule has 0 aliphatic carbocycles. The van der Waals surface area contributed by atoms with E-state index in [1.165, 1.54) is 22.2 Å². The van der Waals surface area contributed by atoms with Crippen molar-refractivity contribution < 1.29 is 19.5 Å². The number of benzene rings is 3. The first-order chi connectivity index (χ1) is 16.0. The SMILES string of the molecule is CCCCC1(Cc2ccc(C(=O)O)cc2)C(=O)N(c2ccccc2)N(c2ccccc2)C1=O. The van der Waals surface area contributed by atoms with Crippen molar-refractivity contribution in [1.29, 1.82) is 0 Å². The molecular weight excluding hydrogens is 416 g/mol. The zero-order chi connectivity index (χ0) is 23.4. The minimum Gasteiger partial charge on any atom is -0.478 e. The van der Waals surface area contributed by atoms with E-state index in [9.17, 15) is 19.5 Å². The molecule has 2 amide bonds. The summed E-state index contributed by atoms with van der Waals surface area (Å²) in [5.74, 6) is -1.54. The number of carbonyl (C=O) groups is 3. The molecule has 3 aromatic rings. The lowest BCUT2D eigenvalue weighted by atomic mass is 9.76. The minimum absolute atomic E-state index is 0.169. The predicted octanol–water partition coefficient (Wildman–Crippen LogP) is 5.10. The first-order valence-corrected chi connectivity index (χ1v) is 11.1. The number of carboxylic acids is 1. The average molecular weight is 443 g/mol. The van der Waals surface area contributed by atoms with Gasteiger partial charge in [0, 0.05) is 0 Å². The van der Waals surface area contributed by atoms with E-state index in [4.69, 9.17) is 0 Å². The van der Waals surface area contributed by atoms with Gasteiger partial charge in [-0.15, -0.1) is 0 Å². The van der Waals surface area contributed by atoms with Gasteiger partial charge in [0.2, 0.25) is 0 Å². The Morgan fingerprint density at radius 2 is 1.27 bits per heavy atom. The van der Waals surface area contributed by atoms with Crippen LogP contribution in [0.2, 0.25) is 0 Å². The van der Waals surface area contributed by atoms with E-state index in [0.29, 0.717) is 17.8 Å². The second kappa shape index (κ2) is 9.28. The van der Waals surface area contributed by atoms with Crippen molar-refractivity contribution in [2.75, 3.05) is 10.0 Å². The molecule has 1 fully saturated rings. The summed E-state index contributed by atoms with van der Waals surface area (Å²) in [6, 6.07) is 24.8. The highest BCUT2D eigenvalue weighted by Gasteiger charge is 2.58. The van der Waals surface area contributed by atoms with Crippen LogP contribution in [-0.2, 0) is 16.0 Å². The number of anilines is 2. The van der Waals surface area contributed by atoms with E-state index in [1.807, 2.05) is 67.6 Å².